The van der Waals surface area contributed by atoms with E-state index in [9.17, 15) is 18.0 Å². The van der Waals surface area contributed by atoms with Crippen molar-refractivity contribution in [3.8, 4) is 0 Å². The first-order valence-electron chi connectivity index (χ1n) is 9.60. The van der Waals surface area contributed by atoms with E-state index in [4.69, 9.17) is 0 Å². The number of Topliss-reactive ketones (excluding diaryl/α,β-unsaturated/α-hetero) is 1. The topological polar surface area (TPSA) is 83.6 Å². The molecule has 1 unspecified atom stereocenters. The molecule has 0 aliphatic rings. The fourth-order valence-corrected chi connectivity index (χ4v) is 5.19. The molecule has 1 N–H and O–H groups in total. The Labute approximate surface area is 177 Å². The predicted molar refractivity (Wildman–Crippen MR) is 116 cm³/mol. The number of sulfonamides is 1. The number of hydrogen-bond acceptors (Lipinski definition) is 5. The van der Waals surface area contributed by atoms with Crippen LogP contribution in [0.1, 0.15) is 54.9 Å². The molecule has 2 aromatic rings. The van der Waals surface area contributed by atoms with E-state index >= 15 is 0 Å². The molecule has 8 heteroatoms. The molecule has 0 bridgehead atoms. The summed E-state index contributed by atoms with van der Waals surface area (Å²) in [5.41, 5.74) is 0.438. The molecule has 2 rings (SSSR count). The van der Waals surface area contributed by atoms with Gasteiger partial charge < -0.3 is 5.32 Å². The molecule has 0 saturated heterocycles. The lowest BCUT2D eigenvalue weighted by atomic mass is 9.93. The molecule has 1 amide bonds. The maximum absolute atomic E-state index is 12.8. The normalized spacial score (nSPS) is 12.9. The van der Waals surface area contributed by atoms with Gasteiger partial charge in [-0.3, -0.25) is 9.59 Å². The van der Waals surface area contributed by atoms with E-state index in [-0.39, 0.29) is 35.1 Å². The number of amides is 1. The summed E-state index contributed by atoms with van der Waals surface area (Å²) in [6.07, 6.45) is 1.83. The second-order valence-corrected chi connectivity index (χ2v) is 10.0. The number of nitrogens with zero attached hydrogens (tertiary/aromatic N) is 1. The minimum atomic E-state index is -3.83. The van der Waals surface area contributed by atoms with E-state index in [2.05, 4.69) is 19.2 Å². The molecular weight excluding hydrogens is 408 g/mol. The van der Waals surface area contributed by atoms with Crippen molar-refractivity contribution in [3.05, 3.63) is 52.2 Å². The monoisotopic (exact) mass is 436 g/mol. The third-order valence-electron chi connectivity index (χ3n) is 5.02. The van der Waals surface area contributed by atoms with Crippen LogP contribution < -0.4 is 5.32 Å². The van der Waals surface area contributed by atoms with Gasteiger partial charge in [-0.25, -0.2) is 8.42 Å². The largest absolute Gasteiger partial charge is 0.347 e. The van der Waals surface area contributed by atoms with Crippen molar-refractivity contribution in [1.82, 2.24) is 9.62 Å². The van der Waals surface area contributed by atoms with Crippen LogP contribution in [0, 0.1) is 5.92 Å². The highest BCUT2D eigenvalue weighted by atomic mass is 32.2. The maximum Gasteiger partial charge on any atom is 0.243 e. The van der Waals surface area contributed by atoms with Crippen molar-refractivity contribution in [3.63, 3.8) is 0 Å². The molecule has 1 heterocycles. The highest BCUT2D eigenvalue weighted by molar-refractivity contribution is 7.89. The van der Waals surface area contributed by atoms with Gasteiger partial charge in [0.1, 0.15) is 0 Å². The van der Waals surface area contributed by atoms with E-state index in [0.29, 0.717) is 5.56 Å². The van der Waals surface area contributed by atoms with Gasteiger partial charge in [0.15, 0.2) is 5.78 Å². The standard InChI is InChI=1S/C21H28N2O4S2/c1-5-16(6-2)21(19-8-7-13-28-19)22-20(25)14-23(4)29(26,27)18-11-9-17(10-12-18)15(3)24/h7-13,16,21H,5-6,14H2,1-4H3,(H,22,25). The first-order chi connectivity index (χ1) is 13.7. The fourth-order valence-electron chi connectivity index (χ4n) is 3.20. The average Bonchev–Trinajstić information content (AvgIpc) is 3.22. The third-order valence-corrected chi connectivity index (χ3v) is 7.79. The van der Waals surface area contributed by atoms with Crippen molar-refractivity contribution >= 4 is 33.1 Å². The van der Waals surface area contributed by atoms with Gasteiger partial charge >= 0.3 is 0 Å². The summed E-state index contributed by atoms with van der Waals surface area (Å²) in [7, 11) is -2.45. The van der Waals surface area contributed by atoms with Crippen molar-refractivity contribution < 1.29 is 18.0 Å². The zero-order valence-corrected chi connectivity index (χ0v) is 18.8. The number of likely N-dealkylation sites (N-methyl/N-ethyl adjacent to an activating group) is 1. The van der Waals surface area contributed by atoms with Crippen LogP contribution in [0.2, 0.25) is 0 Å². The Morgan fingerprint density at radius 3 is 2.21 bits per heavy atom. The number of hydrogen-bond donors (Lipinski definition) is 1. The SMILES string of the molecule is CCC(CC)C(NC(=O)CN(C)S(=O)(=O)c1ccc(C(C)=O)cc1)c1cccs1. The summed E-state index contributed by atoms with van der Waals surface area (Å²) >= 11 is 1.58. The summed E-state index contributed by atoms with van der Waals surface area (Å²) in [6.45, 7) is 5.31. The van der Waals surface area contributed by atoms with Gasteiger partial charge in [0.05, 0.1) is 17.5 Å². The number of ketones is 1. The van der Waals surface area contributed by atoms with Crippen molar-refractivity contribution in [2.75, 3.05) is 13.6 Å². The number of benzene rings is 1. The number of carbonyl (C=O) groups is 2. The molecule has 0 spiro atoms. The maximum atomic E-state index is 12.8. The molecule has 0 saturated carbocycles. The van der Waals surface area contributed by atoms with Crippen LogP contribution in [-0.2, 0) is 14.8 Å². The molecule has 6 nitrogen and oxygen atoms in total. The van der Waals surface area contributed by atoms with Gasteiger partial charge in [-0.15, -0.1) is 11.3 Å². The number of rotatable bonds is 10. The van der Waals surface area contributed by atoms with Crippen molar-refractivity contribution in [1.29, 1.82) is 0 Å². The van der Waals surface area contributed by atoms with Crippen molar-refractivity contribution in [2.24, 2.45) is 5.92 Å². The van der Waals surface area contributed by atoms with Crippen molar-refractivity contribution in [2.45, 2.75) is 44.6 Å². The summed E-state index contributed by atoms with van der Waals surface area (Å²) in [5, 5.41) is 4.99. The summed E-state index contributed by atoms with van der Waals surface area (Å²) < 4.78 is 26.6. The lowest BCUT2D eigenvalue weighted by molar-refractivity contribution is -0.122. The number of thiophene rings is 1. The second kappa shape index (κ2) is 10.1. The second-order valence-electron chi connectivity index (χ2n) is 6.98. The van der Waals surface area contributed by atoms with Crippen LogP contribution in [-0.4, -0.2) is 38.0 Å². The zero-order chi connectivity index (χ0) is 21.6. The van der Waals surface area contributed by atoms with Crippen LogP contribution in [0.3, 0.4) is 0 Å². The molecule has 1 atom stereocenters. The highest BCUT2D eigenvalue weighted by Crippen LogP contribution is 2.30. The van der Waals surface area contributed by atoms with E-state index in [1.807, 2.05) is 17.5 Å². The molecule has 1 aromatic carbocycles. The molecule has 0 aliphatic heterocycles. The van der Waals surface area contributed by atoms with Crippen LogP contribution in [0.25, 0.3) is 0 Å². The van der Waals surface area contributed by atoms with E-state index in [1.165, 1.54) is 38.2 Å². The summed E-state index contributed by atoms with van der Waals surface area (Å²) in [4.78, 5) is 25.2. The van der Waals surface area contributed by atoms with Crippen LogP contribution in [0.5, 0.6) is 0 Å². The van der Waals surface area contributed by atoms with Gasteiger partial charge in [-0.05, 0) is 36.4 Å². The first kappa shape index (κ1) is 23.3. The van der Waals surface area contributed by atoms with Crippen LogP contribution >= 0.6 is 11.3 Å². The molecular formula is C21H28N2O4S2. The van der Waals surface area contributed by atoms with Gasteiger partial charge in [-0.1, -0.05) is 44.9 Å². The Balaban J connectivity index is 2.12. The first-order valence-corrected chi connectivity index (χ1v) is 11.9. The lowest BCUT2D eigenvalue weighted by Gasteiger charge is -2.26. The molecule has 29 heavy (non-hydrogen) atoms. The van der Waals surface area contributed by atoms with Gasteiger partial charge in [0.25, 0.3) is 0 Å². The molecule has 0 aliphatic carbocycles. The summed E-state index contributed by atoms with van der Waals surface area (Å²) in [5.74, 6) is -0.205. The fraction of sp³-hybridized carbons (Fsp3) is 0.429. The van der Waals surface area contributed by atoms with E-state index in [1.54, 1.807) is 11.3 Å². The zero-order valence-electron chi connectivity index (χ0n) is 17.2. The summed E-state index contributed by atoms with van der Waals surface area (Å²) in [6, 6.07) is 9.53. The number of carbonyl (C=O) groups excluding carboxylic acids is 2. The highest BCUT2D eigenvalue weighted by Gasteiger charge is 2.27. The molecule has 1 aromatic heterocycles. The van der Waals surface area contributed by atoms with E-state index < -0.39 is 10.0 Å². The van der Waals surface area contributed by atoms with Gasteiger partial charge in [0, 0.05) is 17.5 Å². The Kier molecular flexibility index (Phi) is 8.13. The molecule has 158 valence electrons. The third kappa shape index (κ3) is 5.74. The minimum Gasteiger partial charge on any atom is -0.347 e. The van der Waals surface area contributed by atoms with Crippen LogP contribution in [0.4, 0.5) is 0 Å². The lowest BCUT2D eigenvalue weighted by Crippen LogP contribution is -2.41. The Morgan fingerprint density at radius 1 is 1.10 bits per heavy atom. The minimum absolute atomic E-state index is 0.0487. The van der Waals surface area contributed by atoms with Gasteiger partial charge in [-0.2, -0.15) is 4.31 Å². The predicted octanol–water partition coefficient (Wildman–Crippen LogP) is 3.86. The van der Waals surface area contributed by atoms with Gasteiger partial charge in [0.2, 0.25) is 15.9 Å². The number of nitrogens with one attached hydrogen (secondary N) is 1. The molecule has 0 fully saturated rings. The van der Waals surface area contributed by atoms with E-state index in [0.717, 1.165) is 22.0 Å². The smallest absolute Gasteiger partial charge is 0.243 e. The Hall–Kier alpha value is -2.03. The Morgan fingerprint density at radius 2 is 1.72 bits per heavy atom. The molecule has 0 radical (unpaired) electrons. The quantitative estimate of drug-likeness (QED) is 0.573. The average molecular weight is 437 g/mol. The Bertz CT molecular complexity index is 918. The van der Waals surface area contributed by atoms with Crippen LogP contribution in [0.15, 0.2) is 46.7 Å².